The van der Waals surface area contributed by atoms with Crippen molar-refractivity contribution >= 4 is 11.6 Å². The number of halogens is 5. The summed E-state index contributed by atoms with van der Waals surface area (Å²) >= 11 is 0. The van der Waals surface area contributed by atoms with Crippen LogP contribution in [0.2, 0.25) is 0 Å². The predicted molar refractivity (Wildman–Crippen MR) is 46.0 cm³/mol. The normalized spacial score (nSPS) is 11.3. The summed E-state index contributed by atoms with van der Waals surface area (Å²) in [4.78, 5) is 10.5. The van der Waals surface area contributed by atoms with E-state index in [1.54, 1.807) is 0 Å². The van der Waals surface area contributed by atoms with E-state index in [2.05, 4.69) is 0 Å². The monoisotopic (exact) mass is 239 g/mol. The lowest BCUT2D eigenvalue weighted by molar-refractivity contribution is -0.139. The molecule has 0 aliphatic carbocycles. The molecular formula is C9H6F5NO. The summed E-state index contributed by atoms with van der Waals surface area (Å²) in [5, 5.41) is 1.89. The van der Waals surface area contributed by atoms with Crippen LogP contribution in [0.3, 0.4) is 0 Å². The van der Waals surface area contributed by atoms with Gasteiger partial charge in [0, 0.05) is 5.69 Å². The van der Waals surface area contributed by atoms with Gasteiger partial charge in [-0.05, 0) is 18.2 Å². The number of carbonyl (C=O) groups excluding carboxylic acids is 1. The zero-order chi connectivity index (χ0) is 12.3. The fourth-order valence-corrected chi connectivity index (χ4v) is 1.02. The van der Waals surface area contributed by atoms with E-state index in [9.17, 15) is 26.7 Å². The molecule has 0 atom stereocenters. The van der Waals surface area contributed by atoms with Gasteiger partial charge in [0.2, 0.25) is 0 Å². The highest BCUT2D eigenvalue weighted by molar-refractivity contribution is 5.91. The molecule has 0 saturated heterocycles. The van der Waals surface area contributed by atoms with Gasteiger partial charge in [-0.25, -0.2) is 8.78 Å². The number of benzene rings is 1. The van der Waals surface area contributed by atoms with Gasteiger partial charge in [-0.15, -0.1) is 0 Å². The molecule has 0 saturated carbocycles. The maximum atomic E-state index is 12.9. The Balaban J connectivity index is 2.96. The first kappa shape index (κ1) is 12.4. The van der Waals surface area contributed by atoms with E-state index in [0.717, 1.165) is 6.07 Å². The molecule has 0 aliphatic rings. The zero-order valence-corrected chi connectivity index (χ0v) is 7.74. The van der Waals surface area contributed by atoms with Gasteiger partial charge in [0.15, 0.2) is 6.67 Å². The Morgan fingerprint density at radius 3 is 2.38 bits per heavy atom. The molecule has 0 fully saturated rings. The number of carbonyl (C=O) groups is 1. The fraction of sp³-hybridized carbons (Fsp3) is 0.222. The van der Waals surface area contributed by atoms with Gasteiger partial charge in [-0.1, -0.05) is 0 Å². The Hall–Kier alpha value is -1.66. The number of alkyl halides is 4. The standard InChI is InChI=1S/C9H6F5NO/c10-4-8(16)15-5-1-2-6(7(11)3-5)9(12,13)14/h1-3H,4H2,(H,15,16). The molecule has 1 rings (SSSR count). The summed E-state index contributed by atoms with van der Waals surface area (Å²) in [6.07, 6.45) is -4.80. The first-order chi connectivity index (χ1) is 7.34. The highest BCUT2D eigenvalue weighted by Gasteiger charge is 2.33. The average Bonchev–Trinajstić information content (AvgIpc) is 2.15. The molecular weight excluding hydrogens is 233 g/mol. The highest BCUT2D eigenvalue weighted by atomic mass is 19.4. The highest BCUT2D eigenvalue weighted by Crippen LogP contribution is 2.32. The first-order valence-corrected chi connectivity index (χ1v) is 4.07. The molecule has 0 aromatic heterocycles. The third-order valence-corrected chi connectivity index (χ3v) is 1.68. The lowest BCUT2D eigenvalue weighted by Crippen LogP contribution is -2.14. The van der Waals surface area contributed by atoms with Crippen molar-refractivity contribution in [2.75, 3.05) is 12.0 Å². The minimum Gasteiger partial charge on any atom is -0.324 e. The smallest absolute Gasteiger partial charge is 0.324 e. The number of hydrogen-bond donors (Lipinski definition) is 1. The van der Waals surface area contributed by atoms with E-state index >= 15 is 0 Å². The van der Waals surface area contributed by atoms with Gasteiger partial charge in [-0.3, -0.25) is 4.79 Å². The maximum absolute atomic E-state index is 12.9. The molecule has 1 amide bonds. The lowest BCUT2D eigenvalue weighted by Gasteiger charge is -2.09. The topological polar surface area (TPSA) is 29.1 Å². The van der Waals surface area contributed by atoms with Crippen LogP contribution in [0.1, 0.15) is 5.56 Å². The van der Waals surface area contributed by atoms with Gasteiger partial charge in [-0.2, -0.15) is 13.2 Å². The quantitative estimate of drug-likeness (QED) is 0.790. The van der Waals surface area contributed by atoms with E-state index in [4.69, 9.17) is 0 Å². The van der Waals surface area contributed by atoms with Crippen LogP contribution in [-0.4, -0.2) is 12.6 Å². The van der Waals surface area contributed by atoms with E-state index in [-0.39, 0.29) is 5.69 Å². The number of rotatable bonds is 2. The second-order valence-corrected chi connectivity index (χ2v) is 2.87. The van der Waals surface area contributed by atoms with Gasteiger partial charge in [0.25, 0.3) is 5.91 Å². The Labute approximate surface area is 87.1 Å². The molecule has 1 aromatic rings. The van der Waals surface area contributed by atoms with Crippen molar-refractivity contribution in [2.45, 2.75) is 6.18 Å². The van der Waals surface area contributed by atoms with Crippen LogP contribution in [0.25, 0.3) is 0 Å². The fourth-order valence-electron chi connectivity index (χ4n) is 1.02. The largest absolute Gasteiger partial charge is 0.419 e. The van der Waals surface area contributed by atoms with E-state index in [1.807, 2.05) is 5.32 Å². The number of amides is 1. The van der Waals surface area contributed by atoms with Crippen molar-refractivity contribution in [2.24, 2.45) is 0 Å². The van der Waals surface area contributed by atoms with Crippen LogP contribution in [0.4, 0.5) is 27.6 Å². The van der Waals surface area contributed by atoms with Crippen LogP contribution in [-0.2, 0) is 11.0 Å². The number of hydrogen-bond acceptors (Lipinski definition) is 1. The van der Waals surface area contributed by atoms with Crippen LogP contribution < -0.4 is 5.32 Å². The van der Waals surface area contributed by atoms with E-state index in [0.29, 0.717) is 12.1 Å². The Morgan fingerprint density at radius 1 is 1.31 bits per heavy atom. The molecule has 0 unspecified atom stereocenters. The minimum absolute atomic E-state index is 0.229. The SMILES string of the molecule is O=C(CF)Nc1ccc(C(F)(F)F)c(F)c1. The summed E-state index contributed by atoms with van der Waals surface area (Å²) in [5.41, 5.74) is -1.67. The Bertz CT molecular complexity index is 401. The lowest BCUT2D eigenvalue weighted by atomic mass is 10.2. The van der Waals surface area contributed by atoms with E-state index < -0.39 is 30.1 Å². The molecule has 0 radical (unpaired) electrons. The number of anilines is 1. The van der Waals surface area contributed by atoms with Crippen LogP contribution in [0.15, 0.2) is 18.2 Å². The van der Waals surface area contributed by atoms with Gasteiger partial charge >= 0.3 is 6.18 Å². The molecule has 1 aromatic carbocycles. The Morgan fingerprint density at radius 2 is 1.94 bits per heavy atom. The van der Waals surface area contributed by atoms with Crippen molar-refractivity contribution in [3.63, 3.8) is 0 Å². The molecule has 0 spiro atoms. The van der Waals surface area contributed by atoms with E-state index in [1.165, 1.54) is 0 Å². The summed E-state index contributed by atoms with van der Waals surface area (Å²) in [6.45, 7) is -1.33. The van der Waals surface area contributed by atoms with Gasteiger partial charge in [0.1, 0.15) is 5.82 Å². The van der Waals surface area contributed by atoms with Crippen LogP contribution in [0.5, 0.6) is 0 Å². The van der Waals surface area contributed by atoms with Crippen molar-refractivity contribution in [1.29, 1.82) is 0 Å². The van der Waals surface area contributed by atoms with Crippen LogP contribution >= 0.6 is 0 Å². The second kappa shape index (κ2) is 4.46. The van der Waals surface area contributed by atoms with Crippen molar-refractivity contribution in [3.05, 3.63) is 29.6 Å². The average molecular weight is 239 g/mol. The van der Waals surface area contributed by atoms with Gasteiger partial charge < -0.3 is 5.32 Å². The van der Waals surface area contributed by atoms with Crippen molar-refractivity contribution in [1.82, 2.24) is 0 Å². The molecule has 88 valence electrons. The first-order valence-electron chi connectivity index (χ1n) is 4.07. The minimum atomic E-state index is -4.80. The molecule has 0 heterocycles. The van der Waals surface area contributed by atoms with Gasteiger partial charge in [0.05, 0.1) is 5.56 Å². The Kier molecular flexibility index (Phi) is 3.46. The third-order valence-electron chi connectivity index (χ3n) is 1.68. The second-order valence-electron chi connectivity index (χ2n) is 2.87. The summed E-state index contributed by atoms with van der Waals surface area (Å²) < 4.78 is 61.1. The molecule has 1 N–H and O–H groups in total. The molecule has 16 heavy (non-hydrogen) atoms. The molecule has 2 nitrogen and oxygen atoms in total. The van der Waals surface area contributed by atoms with Crippen LogP contribution in [0, 0.1) is 5.82 Å². The predicted octanol–water partition coefficient (Wildman–Crippen LogP) is 2.75. The zero-order valence-electron chi connectivity index (χ0n) is 7.74. The maximum Gasteiger partial charge on any atom is 0.419 e. The summed E-state index contributed by atoms with van der Waals surface area (Å²) in [6, 6.07) is 1.80. The molecule has 7 heteroatoms. The summed E-state index contributed by atoms with van der Waals surface area (Å²) in [7, 11) is 0. The third kappa shape index (κ3) is 2.91. The van der Waals surface area contributed by atoms with Crippen molar-refractivity contribution in [3.8, 4) is 0 Å². The molecule has 0 bridgehead atoms. The van der Waals surface area contributed by atoms with Crippen molar-refractivity contribution < 1.29 is 26.7 Å². The summed E-state index contributed by atoms with van der Waals surface area (Å²) in [5.74, 6) is -2.58. The molecule has 0 aliphatic heterocycles. The number of nitrogens with one attached hydrogen (secondary N) is 1.